The van der Waals surface area contributed by atoms with Gasteiger partial charge in [-0.25, -0.2) is 0 Å². The first-order chi connectivity index (χ1) is 9.12. The Morgan fingerprint density at radius 3 is 2.37 bits per heavy atom. The summed E-state index contributed by atoms with van der Waals surface area (Å²) in [6.07, 6.45) is 2.30. The predicted octanol–water partition coefficient (Wildman–Crippen LogP) is 3.59. The fourth-order valence-corrected chi connectivity index (χ4v) is 2.30. The number of hydrogen-bond acceptors (Lipinski definition) is 3. The van der Waals surface area contributed by atoms with Crippen molar-refractivity contribution in [2.24, 2.45) is 0 Å². The lowest BCUT2D eigenvalue weighted by molar-refractivity contribution is 0.354. The standard InChI is InChI=1S/C16H27NO2/c1-6-9-17-13(3)10-12(2)14-7-8-15(18-4)16(11-14)19-5/h7-8,11-13,17H,6,9-10H2,1-5H3. The first-order valence-corrected chi connectivity index (χ1v) is 7.07. The molecule has 1 aromatic carbocycles. The average Bonchev–Trinajstić information content (AvgIpc) is 2.44. The fraction of sp³-hybridized carbons (Fsp3) is 0.625. The Morgan fingerprint density at radius 2 is 1.79 bits per heavy atom. The second-order valence-electron chi connectivity index (χ2n) is 5.11. The maximum absolute atomic E-state index is 5.36. The molecule has 0 saturated carbocycles. The van der Waals surface area contributed by atoms with Gasteiger partial charge in [0.25, 0.3) is 0 Å². The summed E-state index contributed by atoms with van der Waals surface area (Å²) in [5.74, 6) is 2.09. The Labute approximate surface area is 117 Å². The van der Waals surface area contributed by atoms with Gasteiger partial charge in [0.1, 0.15) is 0 Å². The highest BCUT2D eigenvalue weighted by atomic mass is 16.5. The third-order valence-corrected chi connectivity index (χ3v) is 3.43. The van der Waals surface area contributed by atoms with E-state index >= 15 is 0 Å². The zero-order valence-corrected chi connectivity index (χ0v) is 12.8. The molecule has 1 aromatic rings. The minimum atomic E-state index is 0.499. The molecule has 0 fully saturated rings. The van der Waals surface area contributed by atoms with Crippen LogP contribution in [0.25, 0.3) is 0 Å². The van der Waals surface area contributed by atoms with Crippen molar-refractivity contribution in [2.45, 2.75) is 45.6 Å². The van der Waals surface area contributed by atoms with E-state index in [1.807, 2.05) is 6.07 Å². The third-order valence-electron chi connectivity index (χ3n) is 3.43. The summed E-state index contributed by atoms with van der Waals surface area (Å²) >= 11 is 0. The molecule has 3 heteroatoms. The predicted molar refractivity (Wildman–Crippen MR) is 80.3 cm³/mol. The molecule has 0 aliphatic carbocycles. The van der Waals surface area contributed by atoms with Crippen molar-refractivity contribution in [3.63, 3.8) is 0 Å². The fourth-order valence-electron chi connectivity index (χ4n) is 2.30. The van der Waals surface area contributed by atoms with Gasteiger partial charge in [0.2, 0.25) is 0 Å². The minimum absolute atomic E-state index is 0.499. The summed E-state index contributed by atoms with van der Waals surface area (Å²) in [6, 6.07) is 6.71. The molecule has 0 aliphatic heterocycles. The van der Waals surface area contributed by atoms with Crippen LogP contribution < -0.4 is 14.8 Å². The molecule has 1 N–H and O–H groups in total. The molecule has 1 rings (SSSR count). The smallest absolute Gasteiger partial charge is 0.160 e. The van der Waals surface area contributed by atoms with Crippen molar-refractivity contribution in [3.8, 4) is 11.5 Å². The maximum Gasteiger partial charge on any atom is 0.160 e. The molecule has 0 saturated heterocycles. The molecular formula is C16H27NO2. The van der Waals surface area contributed by atoms with E-state index in [0.29, 0.717) is 12.0 Å². The van der Waals surface area contributed by atoms with Crippen LogP contribution in [0.1, 0.15) is 45.1 Å². The highest BCUT2D eigenvalue weighted by Crippen LogP contribution is 2.31. The first-order valence-electron chi connectivity index (χ1n) is 7.07. The van der Waals surface area contributed by atoms with Crippen LogP contribution in [0.4, 0.5) is 0 Å². The number of nitrogens with one attached hydrogen (secondary N) is 1. The van der Waals surface area contributed by atoms with E-state index < -0.39 is 0 Å². The average molecular weight is 265 g/mol. The van der Waals surface area contributed by atoms with E-state index in [1.165, 1.54) is 12.0 Å². The van der Waals surface area contributed by atoms with Gasteiger partial charge in [-0.05, 0) is 49.9 Å². The number of hydrogen-bond donors (Lipinski definition) is 1. The number of benzene rings is 1. The first kappa shape index (κ1) is 15.8. The molecule has 108 valence electrons. The molecule has 0 radical (unpaired) electrons. The van der Waals surface area contributed by atoms with Crippen molar-refractivity contribution < 1.29 is 9.47 Å². The van der Waals surface area contributed by atoms with Crippen LogP contribution in [0.15, 0.2) is 18.2 Å². The second-order valence-corrected chi connectivity index (χ2v) is 5.11. The van der Waals surface area contributed by atoms with Crippen LogP contribution in [0.3, 0.4) is 0 Å². The largest absolute Gasteiger partial charge is 0.493 e. The van der Waals surface area contributed by atoms with E-state index in [2.05, 4.69) is 38.2 Å². The topological polar surface area (TPSA) is 30.5 Å². The summed E-state index contributed by atoms with van der Waals surface area (Å²) < 4.78 is 10.6. The van der Waals surface area contributed by atoms with E-state index in [0.717, 1.165) is 24.5 Å². The summed E-state index contributed by atoms with van der Waals surface area (Å²) in [5.41, 5.74) is 1.29. The van der Waals surface area contributed by atoms with Gasteiger partial charge < -0.3 is 14.8 Å². The summed E-state index contributed by atoms with van der Waals surface area (Å²) in [7, 11) is 3.34. The molecule has 0 bridgehead atoms. The van der Waals surface area contributed by atoms with Gasteiger partial charge in [-0.15, -0.1) is 0 Å². The molecule has 2 unspecified atom stereocenters. The molecule has 0 aliphatic rings. The van der Waals surface area contributed by atoms with Gasteiger partial charge in [0.05, 0.1) is 14.2 Å². The van der Waals surface area contributed by atoms with E-state index in [4.69, 9.17) is 9.47 Å². The van der Waals surface area contributed by atoms with Crippen LogP contribution in [0, 0.1) is 0 Å². The number of ether oxygens (including phenoxy) is 2. The quantitative estimate of drug-likeness (QED) is 0.779. The number of rotatable bonds is 8. The van der Waals surface area contributed by atoms with Gasteiger partial charge in [0.15, 0.2) is 11.5 Å². The second kappa shape index (κ2) is 8.05. The normalized spacial score (nSPS) is 13.9. The SMILES string of the molecule is CCCNC(C)CC(C)c1ccc(OC)c(OC)c1. The van der Waals surface area contributed by atoms with Gasteiger partial charge in [0, 0.05) is 6.04 Å². The Morgan fingerprint density at radius 1 is 1.11 bits per heavy atom. The molecule has 0 spiro atoms. The molecule has 0 heterocycles. The number of methoxy groups -OCH3 is 2. The molecule has 19 heavy (non-hydrogen) atoms. The van der Waals surface area contributed by atoms with Gasteiger partial charge >= 0.3 is 0 Å². The van der Waals surface area contributed by atoms with Crippen molar-refractivity contribution in [1.29, 1.82) is 0 Å². The molecule has 3 nitrogen and oxygen atoms in total. The highest BCUT2D eigenvalue weighted by Gasteiger charge is 2.13. The molecule has 2 atom stereocenters. The van der Waals surface area contributed by atoms with Gasteiger partial charge in [-0.1, -0.05) is 19.9 Å². The zero-order valence-electron chi connectivity index (χ0n) is 12.8. The summed E-state index contributed by atoms with van der Waals surface area (Å²) in [4.78, 5) is 0. The Kier molecular flexibility index (Phi) is 6.71. The monoisotopic (exact) mass is 265 g/mol. The van der Waals surface area contributed by atoms with E-state index in [-0.39, 0.29) is 0 Å². The third kappa shape index (κ3) is 4.75. The zero-order chi connectivity index (χ0) is 14.3. The van der Waals surface area contributed by atoms with Crippen LogP contribution in [0.2, 0.25) is 0 Å². The van der Waals surface area contributed by atoms with Crippen LogP contribution in [-0.4, -0.2) is 26.8 Å². The molecule has 0 amide bonds. The van der Waals surface area contributed by atoms with Crippen LogP contribution in [0.5, 0.6) is 11.5 Å². The van der Waals surface area contributed by atoms with E-state index in [1.54, 1.807) is 14.2 Å². The van der Waals surface area contributed by atoms with Gasteiger partial charge in [-0.3, -0.25) is 0 Å². The molecule has 0 aromatic heterocycles. The highest BCUT2D eigenvalue weighted by molar-refractivity contribution is 5.43. The Bertz CT molecular complexity index is 379. The summed E-state index contributed by atoms with van der Waals surface area (Å²) in [5, 5.41) is 3.53. The maximum atomic E-state index is 5.36. The molecular weight excluding hydrogens is 238 g/mol. The van der Waals surface area contributed by atoms with Gasteiger partial charge in [-0.2, -0.15) is 0 Å². The van der Waals surface area contributed by atoms with Crippen LogP contribution >= 0.6 is 0 Å². The lowest BCUT2D eigenvalue weighted by Gasteiger charge is -2.19. The van der Waals surface area contributed by atoms with E-state index in [9.17, 15) is 0 Å². The lowest BCUT2D eigenvalue weighted by atomic mass is 9.94. The lowest BCUT2D eigenvalue weighted by Crippen LogP contribution is -2.28. The van der Waals surface area contributed by atoms with Crippen molar-refractivity contribution >= 4 is 0 Å². The minimum Gasteiger partial charge on any atom is -0.493 e. The van der Waals surface area contributed by atoms with Crippen molar-refractivity contribution in [2.75, 3.05) is 20.8 Å². The Hall–Kier alpha value is -1.22. The van der Waals surface area contributed by atoms with Crippen molar-refractivity contribution in [1.82, 2.24) is 5.32 Å². The van der Waals surface area contributed by atoms with Crippen LogP contribution in [-0.2, 0) is 0 Å². The Balaban J connectivity index is 2.68. The summed E-state index contributed by atoms with van der Waals surface area (Å²) in [6.45, 7) is 7.77. The van der Waals surface area contributed by atoms with Crippen molar-refractivity contribution in [3.05, 3.63) is 23.8 Å².